The molecule has 0 saturated carbocycles. The molecule has 0 radical (unpaired) electrons. The molecule has 0 aliphatic rings. The molecule has 1 aromatic carbocycles. The van der Waals surface area contributed by atoms with E-state index >= 15 is 0 Å². The van der Waals surface area contributed by atoms with Gasteiger partial charge in [-0.25, -0.2) is 29.2 Å². The Balaban J connectivity index is 1.62. The zero-order valence-electron chi connectivity index (χ0n) is 18.7. The monoisotopic (exact) mass is 510 g/mol. The van der Waals surface area contributed by atoms with Crippen LogP contribution in [0, 0.1) is 0 Å². The number of rotatable bonds is 5. The third-order valence-corrected chi connectivity index (χ3v) is 5.48. The first-order valence-electron chi connectivity index (χ1n) is 10.6. The fourth-order valence-corrected chi connectivity index (χ4v) is 3.86. The van der Waals surface area contributed by atoms with Crippen molar-refractivity contribution in [2.24, 2.45) is 5.73 Å². The van der Waals surface area contributed by atoms with Gasteiger partial charge in [0.15, 0.2) is 5.82 Å². The van der Waals surface area contributed by atoms with Crippen molar-refractivity contribution in [3.63, 3.8) is 0 Å². The number of amides is 2. The van der Waals surface area contributed by atoms with Gasteiger partial charge in [-0.15, -0.1) is 0 Å². The number of halogens is 3. The Bertz CT molecular complexity index is 1610. The predicted octanol–water partition coefficient (Wildman–Crippen LogP) is 3.76. The fourth-order valence-electron chi connectivity index (χ4n) is 3.86. The number of nitrogens with two attached hydrogens (primary N) is 2. The number of benzene rings is 1. The number of oxazole rings is 1. The van der Waals surface area contributed by atoms with Gasteiger partial charge in [0.2, 0.25) is 5.89 Å². The number of hydrogen-bond donors (Lipinski definition) is 3. The molecule has 37 heavy (non-hydrogen) atoms. The topological polar surface area (TPSA) is 162 Å². The molecule has 0 unspecified atom stereocenters. The largest absolute Gasteiger partial charge is 0.444 e. The molecule has 4 heterocycles. The number of nitrogens with zero attached hydrogens (tertiary/aromatic N) is 6. The molecular weight excluding hydrogens is 493 g/mol. The second-order valence-electron chi connectivity index (χ2n) is 7.78. The van der Waals surface area contributed by atoms with Gasteiger partial charge < -0.3 is 21.0 Å². The summed E-state index contributed by atoms with van der Waals surface area (Å²) in [6, 6.07) is 6.71. The first-order chi connectivity index (χ1) is 17.7. The second kappa shape index (κ2) is 8.91. The van der Waals surface area contributed by atoms with Crippen LogP contribution in [-0.4, -0.2) is 35.7 Å². The van der Waals surface area contributed by atoms with E-state index in [1.807, 2.05) is 0 Å². The third kappa shape index (κ3) is 4.29. The van der Waals surface area contributed by atoms with Crippen LogP contribution in [0.15, 0.2) is 65.8 Å². The number of primary amides is 1. The minimum absolute atomic E-state index is 0.168. The van der Waals surface area contributed by atoms with Crippen molar-refractivity contribution < 1.29 is 27.5 Å². The van der Waals surface area contributed by atoms with Gasteiger partial charge in [0.1, 0.15) is 29.6 Å². The van der Waals surface area contributed by atoms with Crippen molar-refractivity contribution >= 4 is 28.9 Å². The molecule has 0 spiro atoms. The van der Waals surface area contributed by atoms with Crippen LogP contribution in [0.1, 0.15) is 11.3 Å². The lowest BCUT2D eigenvalue weighted by molar-refractivity contribution is -0.137. The first kappa shape index (κ1) is 23.7. The summed E-state index contributed by atoms with van der Waals surface area (Å²) in [6.45, 7) is -0.324. The molecule has 0 bridgehead atoms. The molecular formula is C23H17F3N8O3. The maximum Gasteiger partial charge on any atom is 0.416 e. The zero-order valence-corrected chi connectivity index (χ0v) is 18.7. The number of aromatic nitrogens is 5. The van der Waals surface area contributed by atoms with E-state index in [0.717, 1.165) is 23.2 Å². The number of nitrogen functional groups attached to an aromatic ring is 1. The Labute approximate surface area is 205 Å². The van der Waals surface area contributed by atoms with Crippen molar-refractivity contribution in [1.29, 1.82) is 0 Å². The number of alkyl halides is 3. The number of pyridine rings is 1. The fraction of sp³-hybridized carbons (Fsp3) is 0.0870. The second-order valence-corrected chi connectivity index (χ2v) is 7.78. The van der Waals surface area contributed by atoms with Crippen LogP contribution in [0.5, 0.6) is 0 Å². The maximum atomic E-state index is 13.2. The van der Waals surface area contributed by atoms with Gasteiger partial charge in [-0.05, 0) is 29.8 Å². The van der Waals surface area contributed by atoms with Crippen molar-refractivity contribution in [2.75, 3.05) is 10.6 Å². The van der Waals surface area contributed by atoms with E-state index in [0.29, 0.717) is 27.9 Å². The number of anilines is 3. The van der Waals surface area contributed by atoms with Crippen LogP contribution >= 0.6 is 0 Å². The smallest absolute Gasteiger partial charge is 0.416 e. The standard InChI is InChI=1S/C23H17F3N8O3/c24-23(25,26)13-5-6-29-17(7-13)34(22(28)36)15-3-1-12(2-4-15)18-16(21-32-14(9-35)10-37-21)8-33-19(18)20(27)30-11-31-33/h1-8,10-11,35H,9H2,(H2,28,36)(H2,27,30,31). The number of urea groups is 1. The summed E-state index contributed by atoms with van der Waals surface area (Å²) in [5.74, 6) is 0.0696. The minimum Gasteiger partial charge on any atom is -0.444 e. The average Bonchev–Trinajstić information content (AvgIpc) is 3.50. The van der Waals surface area contributed by atoms with Crippen LogP contribution in [0.3, 0.4) is 0 Å². The van der Waals surface area contributed by atoms with E-state index in [-0.39, 0.29) is 29.8 Å². The number of aliphatic hydroxyl groups excluding tert-OH is 1. The summed E-state index contributed by atoms with van der Waals surface area (Å²) in [5.41, 5.74) is 13.2. The summed E-state index contributed by atoms with van der Waals surface area (Å²) in [4.78, 5) is 25.3. The summed E-state index contributed by atoms with van der Waals surface area (Å²) in [6.07, 6.45) is 0.538. The Hall–Kier alpha value is -4.98. The van der Waals surface area contributed by atoms with E-state index in [9.17, 15) is 23.1 Å². The number of fused-ring (bicyclic) bond motifs is 1. The SMILES string of the molecule is NC(=O)N(c1ccc(-c2c(-c3nc(CO)co3)cn3ncnc(N)c23)cc1)c1cc(C(F)(F)F)ccn1. The first-order valence-corrected chi connectivity index (χ1v) is 10.6. The van der Waals surface area contributed by atoms with Gasteiger partial charge in [-0.2, -0.15) is 18.3 Å². The van der Waals surface area contributed by atoms with E-state index in [1.54, 1.807) is 18.3 Å². The van der Waals surface area contributed by atoms with Crippen LogP contribution in [0.4, 0.5) is 35.3 Å². The molecule has 0 saturated heterocycles. The molecule has 4 aromatic heterocycles. The van der Waals surface area contributed by atoms with Crippen molar-refractivity contribution in [1.82, 2.24) is 24.6 Å². The molecule has 0 atom stereocenters. The van der Waals surface area contributed by atoms with Gasteiger partial charge in [0, 0.05) is 18.0 Å². The number of aliphatic hydroxyl groups is 1. The molecule has 2 amide bonds. The van der Waals surface area contributed by atoms with Crippen LogP contribution < -0.4 is 16.4 Å². The summed E-state index contributed by atoms with van der Waals surface area (Å²) in [7, 11) is 0. The minimum atomic E-state index is -4.63. The van der Waals surface area contributed by atoms with Crippen molar-refractivity contribution in [2.45, 2.75) is 12.8 Å². The Morgan fingerprint density at radius 1 is 1.16 bits per heavy atom. The van der Waals surface area contributed by atoms with E-state index < -0.39 is 17.8 Å². The summed E-state index contributed by atoms with van der Waals surface area (Å²) < 4.78 is 46.6. The maximum absolute atomic E-state index is 13.2. The van der Waals surface area contributed by atoms with Gasteiger partial charge in [0.25, 0.3) is 0 Å². The van der Waals surface area contributed by atoms with Crippen LogP contribution in [-0.2, 0) is 12.8 Å². The van der Waals surface area contributed by atoms with Crippen LogP contribution in [0.2, 0.25) is 0 Å². The molecule has 11 nitrogen and oxygen atoms in total. The lowest BCUT2D eigenvalue weighted by Gasteiger charge is -2.21. The third-order valence-electron chi connectivity index (χ3n) is 5.48. The highest BCUT2D eigenvalue weighted by molar-refractivity contribution is 5.99. The molecule has 0 aliphatic carbocycles. The number of hydrogen-bond acceptors (Lipinski definition) is 8. The molecule has 14 heteroatoms. The molecule has 188 valence electrons. The Morgan fingerprint density at radius 3 is 2.57 bits per heavy atom. The highest BCUT2D eigenvalue weighted by atomic mass is 19.4. The molecule has 5 N–H and O–H groups in total. The molecule has 0 fully saturated rings. The van der Waals surface area contributed by atoms with E-state index in [4.69, 9.17) is 15.9 Å². The van der Waals surface area contributed by atoms with Crippen LogP contribution in [0.25, 0.3) is 28.1 Å². The van der Waals surface area contributed by atoms with Gasteiger partial charge >= 0.3 is 12.2 Å². The quantitative estimate of drug-likeness (QED) is 0.322. The Kier molecular flexibility index (Phi) is 5.72. The van der Waals surface area contributed by atoms with E-state index in [1.165, 1.54) is 29.2 Å². The number of carbonyl (C=O) groups is 1. The van der Waals surface area contributed by atoms with E-state index in [2.05, 4.69) is 20.1 Å². The van der Waals surface area contributed by atoms with Crippen molar-refractivity contribution in [3.8, 4) is 22.6 Å². The lowest BCUT2D eigenvalue weighted by Crippen LogP contribution is -2.32. The highest BCUT2D eigenvalue weighted by Crippen LogP contribution is 2.39. The van der Waals surface area contributed by atoms with Gasteiger partial charge in [0.05, 0.1) is 23.4 Å². The average molecular weight is 510 g/mol. The normalized spacial score (nSPS) is 11.7. The summed E-state index contributed by atoms with van der Waals surface area (Å²) in [5, 5.41) is 13.5. The highest BCUT2D eigenvalue weighted by Gasteiger charge is 2.32. The molecule has 5 rings (SSSR count). The summed E-state index contributed by atoms with van der Waals surface area (Å²) >= 11 is 0. The van der Waals surface area contributed by atoms with Gasteiger partial charge in [-0.1, -0.05) is 12.1 Å². The molecule has 5 aromatic rings. The predicted molar refractivity (Wildman–Crippen MR) is 125 cm³/mol. The lowest BCUT2D eigenvalue weighted by atomic mass is 10.0. The van der Waals surface area contributed by atoms with Gasteiger partial charge in [-0.3, -0.25) is 0 Å². The number of carbonyl (C=O) groups excluding carboxylic acids is 1. The molecule has 0 aliphatic heterocycles. The van der Waals surface area contributed by atoms with Crippen molar-refractivity contribution in [3.05, 3.63) is 72.6 Å². The zero-order chi connectivity index (χ0) is 26.3. The Morgan fingerprint density at radius 2 is 1.92 bits per heavy atom.